The lowest BCUT2D eigenvalue weighted by molar-refractivity contribution is 0.670. The molecule has 0 unspecified atom stereocenters. The highest BCUT2D eigenvalue weighted by atomic mass is 16.3. The number of furan rings is 1. The number of aryl methyl sites for hydroxylation is 2. The predicted octanol–water partition coefficient (Wildman–Crippen LogP) is 10.9. The van der Waals surface area contributed by atoms with Gasteiger partial charge in [-0.1, -0.05) is 97.1 Å². The molecule has 3 nitrogen and oxygen atoms in total. The minimum absolute atomic E-state index is 0.882. The van der Waals surface area contributed by atoms with Crippen molar-refractivity contribution in [3.63, 3.8) is 0 Å². The Morgan fingerprint density at radius 1 is 0.512 bits per heavy atom. The molecule has 9 aromatic rings. The predicted molar refractivity (Wildman–Crippen MR) is 180 cm³/mol. The SMILES string of the molecule is Cc1cc(-c2cc3ccccc3c3c2oc2ccccc23)c(C)cc1-c1cnc2c3ccccc3c3ccccc3c2n1. The van der Waals surface area contributed by atoms with Crippen molar-refractivity contribution in [2.24, 2.45) is 0 Å². The van der Waals surface area contributed by atoms with Gasteiger partial charge in [0.15, 0.2) is 0 Å². The van der Waals surface area contributed by atoms with Crippen molar-refractivity contribution in [2.75, 3.05) is 0 Å². The first-order valence-corrected chi connectivity index (χ1v) is 14.7. The molecule has 43 heavy (non-hydrogen) atoms. The van der Waals surface area contributed by atoms with Gasteiger partial charge in [-0.05, 0) is 70.3 Å². The number of rotatable bonds is 2. The van der Waals surface area contributed by atoms with Gasteiger partial charge < -0.3 is 4.42 Å². The molecule has 0 bridgehead atoms. The number of aromatic nitrogens is 2. The summed E-state index contributed by atoms with van der Waals surface area (Å²) >= 11 is 0. The van der Waals surface area contributed by atoms with Crippen molar-refractivity contribution in [1.82, 2.24) is 9.97 Å². The van der Waals surface area contributed by atoms with Gasteiger partial charge in [-0.3, -0.25) is 4.98 Å². The van der Waals surface area contributed by atoms with E-state index < -0.39 is 0 Å². The number of fused-ring (bicyclic) bond motifs is 11. The molecule has 3 heteroatoms. The van der Waals surface area contributed by atoms with Crippen LogP contribution in [0.2, 0.25) is 0 Å². The van der Waals surface area contributed by atoms with Crippen molar-refractivity contribution < 1.29 is 4.42 Å². The van der Waals surface area contributed by atoms with Crippen LogP contribution in [0.5, 0.6) is 0 Å². The smallest absolute Gasteiger partial charge is 0.143 e. The molecular formula is C40H26N2O. The van der Waals surface area contributed by atoms with E-state index in [2.05, 4.69) is 123 Å². The molecule has 202 valence electrons. The number of hydrogen-bond acceptors (Lipinski definition) is 3. The summed E-state index contributed by atoms with van der Waals surface area (Å²) in [5.41, 5.74) is 10.3. The minimum Gasteiger partial charge on any atom is -0.455 e. The summed E-state index contributed by atoms with van der Waals surface area (Å²) in [5.74, 6) is 0. The zero-order valence-corrected chi connectivity index (χ0v) is 23.8. The third-order valence-corrected chi connectivity index (χ3v) is 8.93. The maximum Gasteiger partial charge on any atom is 0.143 e. The van der Waals surface area contributed by atoms with E-state index in [4.69, 9.17) is 14.4 Å². The summed E-state index contributed by atoms with van der Waals surface area (Å²) in [5, 5.41) is 9.39. The largest absolute Gasteiger partial charge is 0.455 e. The molecular weight excluding hydrogens is 524 g/mol. The monoisotopic (exact) mass is 550 g/mol. The third kappa shape index (κ3) is 3.49. The lowest BCUT2D eigenvalue weighted by atomic mass is 9.91. The van der Waals surface area contributed by atoms with Crippen LogP contribution in [0.4, 0.5) is 0 Å². The van der Waals surface area contributed by atoms with Gasteiger partial charge in [0.25, 0.3) is 0 Å². The topological polar surface area (TPSA) is 38.9 Å². The first-order chi connectivity index (χ1) is 21.2. The van der Waals surface area contributed by atoms with E-state index >= 15 is 0 Å². The fourth-order valence-corrected chi connectivity index (χ4v) is 6.91. The fourth-order valence-electron chi connectivity index (χ4n) is 6.91. The van der Waals surface area contributed by atoms with E-state index in [0.29, 0.717) is 0 Å². The zero-order valence-electron chi connectivity index (χ0n) is 23.8. The maximum absolute atomic E-state index is 6.56. The Morgan fingerprint density at radius 3 is 1.86 bits per heavy atom. The van der Waals surface area contributed by atoms with Crippen molar-refractivity contribution >= 4 is 65.3 Å². The Kier molecular flexibility index (Phi) is 5.03. The van der Waals surface area contributed by atoms with Gasteiger partial charge in [0.2, 0.25) is 0 Å². The molecule has 0 spiro atoms. The Balaban J connectivity index is 1.28. The summed E-state index contributed by atoms with van der Waals surface area (Å²) in [6.07, 6.45) is 1.93. The standard InChI is InChI=1S/C40H26N2O/c1-23-20-33(35-22-41-38-29-15-7-5-13-27(29)28-14-6-8-16-30(28)39(38)42-35)24(2)19-32(23)34-21-25-11-3-4-12-26(25)37-31-17-9-10-18-36(31)43-40(34)37/h3-22H,1-2H3. The van der Waals surface area contributed by atoms with Crippen LogP contribution < -0.4 is 0 Å². The molecule has 0 aliphatic heterocycles. The van der Waals surface area contributed by atoms with Gasteiger partial charge in [-0.2, -0.15) is 0 Å². The fraction of sp³-hybridized carbons (Fsp3) is 0.0500. The van der Waals surface area contributed by atoms with E-state index in [1.807, 2.05) is 12.3 Å². The second-order valence-corrected chi connectivity index (χ2v) is 11.5. The minimum atomic E-state index is 0.882. The molecule has 0 saturated heterocycles. The first-order valence-electron chi connectivity index (χ1n) is 14.7. The number of para-hydroxylation sites is 1. The lowest BCUT2D eigenvalue weighted by Crippen LogP contribution is -1.95. The van der Waals surface area contributed by atoms with E-state index in [0.717, 1.165) is 60.7 Å². The van der Waals surface area contributed by atoms with Crippen LogP contribution in [0.15, 0.2) is 126 Å². The van der Waals surface area contributed by atoms with Crippen LogP contribution in [0.1, 0.15) is 11.1 Å². The average Bonchev–Trinajstić information content (AvgIpc) is 3.45. The molecule has 0 amide bonds. The van der Waals surface area contributed by atoms with Crippen molar-refractivity contribution in [3.8, 4) is 22.4 Å². The van der Waals surface area contributed by atoms with Gasteiger partial charge in [-0.25, -0.2) is 4.98 Å². The summed E-state index contributed by atoms with van der Waals surface area (Å²) in [6, 6.07) is 40.7. The summed E-state index contributed by atoms with van der Waals surface area (Å²) in [4.78, 5) is 10.3. The van der Waals surface area contributed by atoms with Gasteiger partial charge in [0.05, 0.1) is 22.9 Å². The normalized spacial score (nSPS) is 12.0. The average molecular weight is 551 g/mol. The van der Waals surface area contributed by atoms with E-state index in [1.54, 1.807) is 0 Å². The van der Waals surface area contributed by atoms with Crippen LogP contribution in [0.25, 0.3) is 87.7 Å². The summed E-state index contributed by atoms with van der Waals surface area (Å²) in [7, 11) is 0. The number of benzene rings is 7. The first kappa shape index (κ1) is 24.1. The summed E-state index contributed by atoms with van der Waals surface area (Å²) < 4.78 is 6.56. The lowest BCUT2D eigenvalue weighted by Gasteiger charge is -2.15. The maximum atomic E-state index is 6.56. The van der Waals surface area contributed by atoms with Crippen LogP contribution in [-0.4, -0.2) is 9.97 Å². The van der Waals surface area contributed by atoms with Crippen molar-refractivity contribution in [1.29, 1.82) is 0 Å². The molecule has 0 fully saturated rings. The van der Waals surface area contributed by atoms with E-state index in [-0.39, 0.29) is 0 Å². The van der Waals surface area contributed by atoms with Crippen LogP contribution in [0.3, 0.4) is 0 Å². The quantitative estimate of drug-likeness (QED) is 0.201. The summed E-state index contributed by atoms with van der Waals surface area (Å²) in [6.45, 7) is 4.35. The zero-order chi connectivity index (χ0) is 28.7. The Hall–Kier alpha value is -5.54. The number of hydrogen-bond donors (Lipinski definition) is 0. The molecule has 7 aromatic carbocycles. The number of nitrogens with zero attached hydrogens (tertiary/aromatic N) is 2. The van der Waals surface area contributed by atoms with Gasteiger partial charge in [0, 0.05) is 32.7 Å². The molecule has 0 atom stereocenters. The molecule has 9 rings (SSSR count). The molecule has 2 heterocycles. The van der Waals surface area contributed by atoms with Crippen LogP contribution in [-0.2, 0) is 0 Å². The highest BCUT2D eigenvalue weighted by Crippen LogP contribution is 2.43. The molecule has 0 aliphatic carbocycles. The Morgan fingerprint density at radius 2 is 1.09 bits per heavy atom. The van der Waals surface area contributed by atoms with Gasteiger partial charge in [0.1, 0.15) is 11.2 Å². The third-order valence-electron chi connectivity index (χ3n) is 8.93. The Labute approximate surface area is 248 Å². The van der Waals surface area contributed by atoms with Gasteiger partial charge >= 0.3 is 0 Å². The van der Waals surface area contributed by atoms with Gasteiger partial charge in [-0.15, -0.1) is 0 Å². The molecule has 2 aromatic heterocycles. The molecule has 0 saturated carbocycles. The Bertz CT molecular complexity index is 2560. The van der Waals surface area contributed by atoms with E-state index in [9.17, 15) is 0 Å². The highest BCUT2D eigenvalue weighted by molar-refractivity contribution is 6.24. The van der Waals surface area contributed by atoms with Crippen molar-refractivity contribution in [2.45, 2.75) is 13.8 Å². The highest BCUT2D eigenvalue weighted by Gasteiger charge is 2.19. The molecule has 0 aliphatic rings. The van der Waals surface area contributed by atoms with E-state index in [1.165, 1.54) is 38.1 Å². The second-order valence-electron chi connectivity index (χ2n) is 11.5. The van der Waals surface area contributed by atoms with Crippen molar-refractivity contribution in [3.05, 3.63) is 133 Å². The molecule has 0 N–H and O–H groups in total. The van der Waals surface area contributed by atoms with Crippen LogP contribution >= 0.6 is 0 Å². The van der Waals surface area contributed by atoms with Crippen LogP contribution in [0, 0.1) is 13.8 Å². The second kappa shape index (κ2) is 8.98. The molecule has 0 radical (unpaired) electrons.